The number of aromatic nitrogens is 1. The van der Waals surface area contributed by atoms with Gasteiger partial charge in [-0.2, -0.15) is 0 Å². The molecule has 1 aliphatic carbocycles. The second kappa shape index (κ2) is 6.93. The molecule has 1 aromatic rings. The van der Waals surface area contributed by atoms with E-state index in [9.17, 15) is 9.59 Å². The molecule has 1 saturated carbocycles. The van der Waals surface area contributed by atoms with Crippen LogP contribution < -0.4 is 5.32 Å². The lowest BCUT2D eigenvalue weighted by atomic mass is 9.84. The third-order valence-electron chi connectivity index (χ3n) is 4.65. The van der Waals surface area contributed by atoms with E-state index in [-0.39, 0.29) is 41.7 Å². The Labute approximate surface area is 141 Å². The van der Waals surface area contributed by atoms with Crippen LogP contribution in [0.2, 0.25) is 0 Å². The first-order valence-corrected chi connectivity index (χ1v) is 8.64. The van der Waals surface area contributed by atoms with Gasteiger partial charge in [-0.05, 0) is 33.6 Å². The normalized spacial score (nSPS) is 25.9. The average Bonchev–Trinajstić information content (AvgIpc) is 2.93. The molecule has 2 heterocycles. The second-order valence-corrected chi connectivity index (χ2v) is 6.90. The van der Waals surface area contributed by atoms with Gasteiger partial charge in [0.15, 0.2) is 5.69 Å². The van der Waals surface area contributed by atoms with Crippen LogP contribution in [0.3, 0.4) is 0 Å². The molecule has 2 aliphatic rings. The molecule has 1 aliphatic heterocycles. The zero-order valence-electron chi connectivity index (χ0n) is 14.4. The van der Waals surface area contributed by atoms with E-state index in [4.69, 9.17) is 9.15 Å². The Morgan fingerprint density at radius 2 is 1.96 bits per heavy atom. The third-order valence-corrected chi connectivity index (χ3v) is 4.65. The van der Waals surface area contributed by atoms with Crippen molar-refractivity contribution in [1.82, 2.24) is 15.2 Å². The van der Waals surface area contributed by atoms with E-state index >= 15 is 0 Å². The predicted octanol–water partition coefficient (Wildman–Crippen LogP) is 1.90. The van der Waals surface area contributed by atoms with Crippen LogP contribution in [-0.4, -0.2) is 47.0 Å². The van der Waals surface area contributed by atoms with Crippen LogP contribution in [0.1, 0.15) is 62.5 Å². The maximum Gasteiger partial charge on any atom is 0.275 e. The summed E-state index contributed by atoms with van der Waals surface area (Å²) in [7, 11) is 0. The van der Waals surface area contributed by atoms with Gasteiger partial charge in [-0.3, -0.25) is 9.59 Å². The maximum absolute atomic E-state index is 12.6. The van der Waals surface area contributed by atoms with E-state index in [1.807, 2.05) is 20.8 Å². The van der Waals surface area contributed by atoms with Crippen molar-refractivity contribution in [3.05, 3.63) is 17.8 Å². The number of morpholine rings is 1. The topological polar surface area (TPSA) is 84.7 Å². The smallest absolute Gasteiger partial charge is 0.275 e. The molecule has 2 amide bonds. The number of carbonyl (C=O) groups excluding carboxylic acids is 2. The molecule has 7 heteroatoms. The Morgan fingerprint density at radius 3 is 2.54 bits per heavy atom. The lowest BCUT2D eigenvalue weighted by Gasteiger charge is -2.34. The monoisotopic (exact) mass is 335 g/mol. The van der Waals surface area contributed by atoms with Crippen molar-refractivity contribution in [3.8, 4) is 0 Å². The van der Waals surface area contributed by atoms with Gasteiger partial charge in [0.05, 0.1) is 12.2 Å². The summed E-state index contributed by atoms with van der Waals surface area (Å²) >= 11 is 0. The van der Waals surface area contributed by atoms with Crippen molar-refractivity contribution in [1.29, 1.82) is 0 Å². The van der Waals surface area contributed by atoms with Gasteiger partial charge in [-0.1, -0.05) is 6.42 Å². The Morgan fingerprint density at radius 1 is 1.29 bits per heavy atom. The minimum Gasteiger partial charge on any atom is -0.446 e. The first-order valence-electron chi connectivity index (χ1n) is 8.64. The molecule has 24 heavy (non-hydrogen) atoms. The van der Waals surface area contributed by atoms with E-state index in [0.29, 0.717) is 19.0 Å². The zero-order chi connectivity index (χ0) is 17.3. The Hall–Kier alpha value is -1.89. The lowest BCUT2D eigenvalue weighted by molar-refractivity contribution is -0.128. The van der Waals surface area contributed by atoms with Crippen LogP contribution in [0.15, 0.2) is 10.7 Å². The van der Waals surface area contributed by atoms with Crippen molar-refractivity contribution < 1.29 is 18.7 Å². The summed E-state index contributed by atoms with van der Waals surface area (Å²) in [5.41, 5.74) is 0.274. The highest BCUT2D eigenvalue weighted by Crippen LogP contribution is 2.27. The summed E-state index contributed by atoms with van der Waals surface area (Å²) in [5, 5.41) is 2.90. The van der Waals surface area contributed by atoms with E-state index in [1.54, 1.807) is 4.90 Å². The van der Waals surface area contributed by atoms with Crippen LogP contribution in [0.5, 0.6) is 0 Å². The molecular weight excluding hydrogens is 310 g/mol. The van der Waals surface area contributed by atoms with Gasteiger partial charge in [-0.25, -0.2) is 4.98 Å². The molecule has 1 saturated heterocycles. The standard InChI is InChI=1S/C17H25N3O4/c1-10-7-20(8-11(2)24-10)17(22)14-9-23-16(19-14)12(3)18-15(21)13-5-4-6-13/h9-13H,4-8H2,1-3H3,(H,18,21)/t10-,11+,12-/m0/s1. The summed E-state index contributed by atoms with van der Waals surface area (Å²) in [4.78, 5) is 30.6. The number of amides is 2. The summed E-state index contributed by atoms with van der Waals surface area (Å²) < 4.78 is 11.1. The largest absolute Gasteiger partial charge is 0.446 e. The van der Waals surface area contributed by atoms with Gasteiger partial charge >= 0.3 is 0 Å². The van der Waals surface area contributed by atoms with Gasteiger partial charge in [0.1, 0.15) is 12.3 Å². The molecule has 0 radical (unpaired) electrons. The average molecular weight is 335 g/mol. The van der Waals surface area contributed by atoms with Crippen LogP contribution in [0.4, 0.5) is 0 Å². The first-order chi connectivity index (χ1) is 11.4. The number of hydrogen-bond acceptors (Lipinski definition) is 5. The number of hydrogen-bond donors (Lipinski definition) is 1. The van der Waals surface area contributed by atoms with Crippen LogP contribution in [0, 0.1) is 5.92 Å². The fourth-order valence-electron chi connectivity index (χ4n) is 3.15. The molecule has 0 aromatic carbocycles. The number of ether oxygens (including phenoxy) is 1. The summed E-state index contributed by atoms with van der Waals surface area (Å²) in [5.74, 6) is 0.348. The first kappa shape index (κ1) is 17.0. The van der Waals surface area contributed by atoms with Crippen LogP contribution in [-0.2, 0) is 9.53 Å². The highest BCUT2D eigenvalue weighted by atomic mass is 16.5. The minimum atomic E-state index is -0.345. The van der Waals surface area contributed by atoms with Gasteiger partial charge in [0, 0.05) is 19.0 Å². The number of nitrogens with one attached hydrogen (secondary N) is 1. The highest BCUT2D eigenvalue weighted by Gasteiger charge is 2.30. The Kier molecular flexibility index (Phi) is 4.89. The predicted molar refractivity (Wildman–Crippen MR) is 86.3 cm³/mol. The summed E-state index contributed by atoms with van der Waals surface area (Å²) in [6.45, 7) is 6.79. The zero-order valence-corrected chi connectivity index (χ0v) is 14.4. The number of carbonyl (C=O) groups is 2. The Bertz CT molecular complexity index is 601. The van der Waals surface area contributed by atoms with Gasteiger partial charge in [0.25, 0.3) is 5.91 Å². The lowest BCUT2D eigenvalue weighted by Crippen LogP contribution is -2.48. The SMILES string of the molecule is C[C@@H]1CN(C(=O)c2coc([C@H](C)NC(=O)C3CCC3)n2)C[C@H](C)O1. The van der Waals surface area contributed by atoms with Crippen molar-refractivity contribution in [2.24, 2.45) is 5.92 Å². The van der Waals surface area contributed by atoms with Gasteiger partial charge in [0.2, 0.25) is 11.8 Å². The third kappa shape index (κ3) is 3.61. The molecule has 2 fully saturated rings. The molecule has 3 rings (SSSR count). The fraction of sp³-hybridized carbons (Fsp3) is 0.706. The van der Waals surface area contributed by atoms with Crippen LogP contribution in [0.25, 0.3) is 0 Å². The highest BCUT2D eigenvalue weighted by molar-refractivity contribution is 5.92. The fourth-order valence-corrected chi connectivity index (χ4v) is 3.15. The number of oxazole rings is 1. The molecule has 1 aromatic heterocycles. The van der Waals surface area contributed by atoms with Crippen molar-refractivity contribution >= 4 is 11.8 Å². The summed E-state index contributed by atoms with van der Waals surface area (Å²) in [6.07, 6.45) is 4.38. The van der Waals surface area contributed by atoms with Crippen molar-refractivity contribution in [2.75, 3.05) is 13.1 Å². The molecule has 0 bridgehead atoms. The van der Waals surface area contributed by atoms with Gasteiger partial charge < -0.3 is 19.4 Å². The maximum atomic E-state index is 12.6. The van der Waals surface area contributed by atoms with E-state index in [1.165, 1.54) is 6.26 Å². The molecule has 7 nitrogen and oxygen atoms in total. The van der Waals surface area contributed by atoms with Crippen molar-refractivity contribution in [2.45, 2.75) is 58.3 Å². The molecular formula is C17H25N3O4. The molecule has 0 unspecified atom stereocenters. The Balaban J connectivity index is 1.61. The molecule has 0 spiro atoms. The summed E-state index contributed by atoms with van der Waals surface area (Å²) in [6, 6.07) is -0.345. The van der Waals surface area contributed by atoms with Crippen LogP contribution >= 0.6 is 0 Å². The molecule has 3 atom stereocenters. The van der Waals surface area contributed by atoms with Gasteiger partial charge in [-0.15, -0.1) is 0 Å². The van der Waals surface area contributed by atoms with E-state index in [2.05, 4.69) is 10.3 Å². The molecule has 1 N–H and O–H groups in total. The minimum absolute atomic E-state index is 0.00441. The number of rotatable bonds is 4. The van der Waals surface area contributed by atoms with E-state index in [0.717, 1.165) is 19.3 Å². The van der Waals surface area contributed by atoms with Crippen molar-refractivity contribution in [3.63, 3.8) is 0 Å². The molecule has 132 valence electrons. The quantitative estimate of drug-likeness (QED) is 0.908. The van der Waals surface area contributed by atoms with E-state index < -0.39 is 0 Å². The second-order valence-electron chi connectivity index (χ2n) is 6.90. The number of nitrogens with zero attached hydrogens (tertiary/aromatic N) is 2.